The van der Waals surface area contributed by atoms with Gasteiger partial charge in [0.1, 0.15) is 0 Å². The molecule has 22 heavy (non-hydrogen) atoms. The minimum Gasteiger partial charge on any atom is -0.321 e. The molecule has 0 aliphatic heterocycles. The fourth-order valence-corrected chi connectivity index (χ4v) is 4.23. The molecule has 1 heterocycles. The van der Waals surface area contributed by atoms with E-state index in [-0.39, 0.29) is 10.4 Å². The van der Waals surface area contributed by atoms with Gasteiger partial charge in [-0.1, -0.05) is 54.1 Å². The first-order valence-corrected chi connectivity index (χ1v) is 9.16. The van der Waals surface area contributed by atoms with E-state index in [0.717, 1.165) is 36.9 Å². The number of H-pyrrole nitrogens is 1. The summed E-state index contributed by atoms with van der Waals surface area (Å²) >= 11 is 3.74. The van der Waals surface area contributed by atoms with Gasteiger partial charge in [0.05, 0.1) is 10.5 Å². The van der Waals surface area contributed by atoms with Crippen molar-refractivity contribution in [3.05, 3.63) is 62.6 Å². The summed E-state index contributed by atoms with van der Waals surface area (Å²) in [4.78, 5) is 15.8. The first kappa shape index (κ1) is 15.5. The molecule has 0 bridgehead atoms. The van der Waals surface area contributed by atoms with Crippen molar-refractivity contribution in [2.75, 3.05) is 0 Å². The van der Waals surface area contributed by atoms with E-state index in [4.69, 9.17) is 0 Å². The zero-order valence-corrected chi connectivity index (χ0v) is 14.8. The Kier molecular flexibility index (Phi) is 4.53. The number of alkyl halides is 1. The molecular weight excluding hydrogens is 338 g/mol. The van der Waals surface area contributed by atoms with Gasteiger partial charge in [-0.3, -0.25) is 4.79 Å². The van der Waals surface area contributed by atoms with E-state index in [1.807, 2.05) is 13.8 Å². The lowest BCUT2D eigenvalue weighted by atomic mass is 9.88. The zero-order chi connectivity index (χ0) is 15.7. The number of rotatable bonds is 0. The number of fused-ring (bicyclic) bond motifs is 4. The Morgan fingerprint density at radius 1 is 1.09 bits per heavy atom. The summed E-state index contributed by atoms with van der Waals surface area (Å²) in [6.45, 7) is 4.00. The van der Waals surface area contributed by atoms with E-state index < -0.39 is 0 Å². The van der Waals surface area contributed by atoms with Gasteiger partial charge < -0.3 is 4.98 Å². The van der Waals surface area contributed by atoms with Crippen molar-refractivity contribution in [3.8, 4) is 0 Å². The van der Waals surface area contributed by atoms with Gasteiger partial charge in [0.2, 0.25) is 0 Å². The Balaban J connectivity index is 0.000000693. The number of pyridine rings is 1. The monoisotopic (exact) mass is 359 g/mol. The molecule has 1 atom stereocenters. The van der Waals surface area contributed by atoms with Crippen LogP contribution >= 0.6 is 15.9 Å². The van der Waals surface area contributed by atoms with Crippen LogP contribution in [-0.2, 0) is 19.3 Å². The highest BCUT2D eigenvalue weighted by Gasteiger charge is 2.29. The predicted molar refractivity (Wildman–Crippen MR) is 96.7 cm³/mol. The minimum absolute atomic E-state index is 0.129. The maximum Gasteiger partial charge on any atom is 0.251 e. The smallest absolute Gasteiger partial charge is 0.251 e. The summed E-state index contributed by atoms with van der Waals surface area (Å²) in [5, 5.41) is 0. The summed E-state index contributed by atoms with van der Waals surface area (Å²) in [6, 6.07) is 0. The molecule has 3 heteroatoms. The largest absolute Gasteiger partial charge is 0.321 e. The van der Waals surface area contributed by atoms with Crippen LogP contribution in [0.15, 0.2) is 34.7 Å². The van der Waals surface area contributed by atoms with Gasteiger partial charge in [-0.15, -0.1) is 0 Å². The normalized spacial score (nSPS) is 21.5. The molecule has 4 rings (SSSR count). The third-order valence-corrected chi connectivity index (χ3v) is 5.47. The van der Waals surface area contributed by atoms with Gasteiger partial charge in [-0.05, 0) is 54.4 Å². The first-order chi connectivity index (χ1) is 10.8. The van der Waals surface area contributed by atoms with E-state index >= 15 is 0 Å². The number of hydrogen-bond donors (Lipinski definition) is 1. The molecule has 0 spiro atoms. The standard InChI is InChI=1S/C17H16BrNO.C2H6/c18-15-8-4-3-6-11-13(15)9-14-10-5-1-2-7-12(10)17(20)19-16(11)14;1-2/h3-4,6,8,15H,1-2,5,7,9H2,(H,19,20);1-2H3. The van der Waals surface area contributed by atoms with Crippen molar-refractivity contribution in [1.82, 2.24) is 4.98 Å². The molecule has 1 unspecified atom stereocenters. The second kappa shape index (κ2) is 6.41. The van der Waals surface area contributed by atoms with Crippen LogP contribution in [-0.4, -0.2) is 9.81 Å². The molecular formula is C19H22BrNO. The van der Waals surface area contributed by atoms with Gasteiger partial charge in [0, 0.05) is 5.56 Å². The Morgan fingerprint density at radius 3 is 2.59 bits per heavy atom. The number of aromatic nitrogens is 1. The third-order valence-electron chi connectivity index (χ3n) is 4.62. The van der Waals surface area contributed by atoms with Crippen LogP contribution in [0, 0.1) is 0 Å². The quantitative estimate of drug-likeness (QED) is 0.680. The summed E-state index contributed by atoms with van der Waals surface area (Å²) in [5.41, 5.74) is 7.52. The van der Waals surface area contributed by atoms with Crippen LogP contribution in [0.5, 0.6) is 0 Å². The molecule has 1 aromatic heterocycles. The van der Waals surface area contributed by atoms with Gasteiger partial charge in [-0.25, -0.2) is 0 Å². The van der Waals surface area contributed by atoms with Crippen LogP contribution in [0.2, 0.25) is 0 Å². The van der Waals surface area contributed by atoms with Crippen molar-refractivity contribution >= 4 is 21.5 Å². The topological polar surface area (TPSA) is 32.9 Å². The lowest BCUT2D eigenvalue weighted by Crippen LogP contribution is -2.22. The average molecular weight is 360 g/mol. The molecule has 3 aliphatic rings. The molecule has 0 saturated heterocycles. The summed E-state index contributed by atoms with van der Waals surface area (Å²) in [5.74, 6) is 0. The molecule has 1 aromatic rings. The maximum atomic E-state index is 12.3. The van der Waals surface area contributed by atoms with Gasteiger partial charge in [-0.2, -0.15) is 0 Å². The number of nitrogens with one attached hydrogen (secondary N) is 1. The number of aromatic amines is 1. The van der Waals surface area contributed by atoms with Crippen LogP contribution in [0.25, 0.3) is 5.57 Å². The molecule has 3 aliphatic carbocycles. The second-order valence-corrected chi connectivity index (χ2v) is 6.72. The SMILES string of the molecule is CC.O=c1[nH]c2c(c3c1CCCC3)CC1=C2C=CC=CC1Br. The summed E-state index contributed by atoms with van der Waals surface area (Å²) in [6.07, 6.45) is 13.7. The van der Waals surface area contributed by atoms with Gasteiger partial charge >= 0.3 is 0 Å². The molecule has 116 valence electrons. The minimum atomic E-state index is 0.129. The average Bonchev–Trinajstić information content (AvgIpc) is 2.82. The Labute approximate surface area is 140 Å². The molecule has 1 N–H and O–H groups in total. The lowest BCUT2D eigenvalue weighted by Gasteiger charge is -2.18. The van der Waals surface area contributed by atoms with E-state index in [1.54, 1.807) is 0 Å². The highest BCUT2D eigenvalue weighted by molar-refractivity contribution is 9.09. The molecule has 0 saturated carbocycles. The highest BCUT2D eigenvalue weighted by atomic mass is 79.9. The predicted octanol–water partition coefficient (Wildman–Crippen LogP) is 4.48. The van der Waals surface area contributed by atoms with Crippen molar-refractivity contribution in [1.29, 1.82) is 0 Å². The van der Waals surface area contributed by atoms with E-state index in [1.165, 1.54) is 28.7 Å². The number of hydrogen-bond acceptors (Lipinski definition) is 1. The third kappa shape index (κ3) is 2.45. The fourth-order valence-electron chi connectivity index (χ4n) is 3.64. The van der Waals surface area contributed by atoms with Crippen LogP contribution in [0.4, 0.5) is 0 Å². The van der Waals surface area contributed by atoms with Crippen LogP contribution in [0.1, 0.15) is 49.1 Å². The van der Waals surface area contributed by atoms with Crippen molar-refractivity contribution in [2.45, 2.75) is 50.8 Å². The Morgan fingerprint density at radius 2 is 1.82 bits per heavy atom. The summed E-state index contributed by atoms with van der Waals surface area (Å²) < 4.78 is 0. The van der Waals surface area contributed by atoms with Crippen molar-refractivity contribution in [3.63, 3.8) is 0 Å². The van der Waals surface area contributed by atoms with Gasteiger partial charge in [0.25, 0.3) is 5.56 Å². The fraction of sp³-hybridized carbons (Fsp3) is 0.421. The zero-order valence-electron chi connectivity index (χ0n) is 13.2. The first-order valence-electron chi connectivity index (χ1n) is 8.25. The Hall–Kier alpha value is -1.35. The van der Waals surface area contributed by atoms with E-state index in [9.17, 15) is 4.79 Å². The molecule has 0 radical (unpaired) electrons. The molecule has 0 aromatic carbocycles. The summed E-state index contributed by atoms with van der Waals surface area (Å²) in [7, 11) is 0. The van der Waals surface area contributed by atoms with Crippen molar-refractivity contribution < 1.29 is 0 Å². The van der Waals surface area contributed by atoms with E-state index in [2.05, 4.69) is 45.2 Å². The van der Waals surface area contributed by atoms with Crippen molar-refractivity contribution in [2.24, 2.45) is 0 Å². The van der Waals surface area contributed by atoms with E-state index in [0.29, 0.717) is 0 Å². The molecule has 0 fully saturated rings. The Bertz CT molecular complexity index is 737. The number of allylic oxidation sites excluding steroid dienone is 6. The lowest BCUT2D eigenvalue weighted by molar-refractivity contribution is 0.670. The molecule has 0 amide bonds. The van der Waals surface area contributed by atoms with Gasteiger partial charge in [0.15, 0.2) is 0 Å². The maximum absolute atomic E-state index is 12.3. The second-order valence-electron chi connectivity index (χ2n) is 5.73. The molecule has 2 nitrogen and oxygen atoms in total. The van der Waals surface area contributed by atoms with Crippen LogP contribution < -0.4 is 5.56 Å². The number of halogens is 1. The van der Waals surface area contributed by atoms with Crippen LogP contribution in [0.3, 0.4) is 0 Å². The highest BCUT2D eigenvalue weighted by Crippen LogP contribution is 2.40.